The summed E-state index contributed by atoms with van der Waals surface area (Å²) in [5.74, 6) is -0.0289. The second kappa shape index (κ2) is 7.27. The highest BCUT2D eigenvalue weighted by atomic mass is 32.1. The fraction of sp³-hybridized carbons (Fsp3) is 0.353. The lowest BCUT2D eigenvalue weighted by Gasteiger charge is -2.14. The zero-order valence-corrected chi connectivity index (χ0v) is 13.6. The number of nitrogens with one attached hydrogen (secondary N) is 2. The largest absolute Gasteiger partial charge is 0.385 e. The molecule has 0 aliphatic rings. The average Bonchev–Trinajstić information content (AvgIpc) is 3.00. The van der Waals surface area contributed by atoms with Gasteiger partial charge in [-0.15, -0.1) is 0 Å². The number of thiophene rings is 1. The Bertz CT molecular complexity index is 593. The summed E-state index contributed by atoms with van der Waals surface area (Å²) in [6.45, 7) is 7.11. The van der Waals surface area contributed by atoms with Crippen LogP contribution in [0.5, 0.6) is 0 Å². The highest BCUT2D eigenvalue weighted by molar-refractivity contribution is 7.07. The standard InChI is InChI=1S/C17H22N2OS/c1-4-8-18-16-6-5-14(10-12(16)2)17(20)19-13(3)15-7-9-21-11-15/h5-7,9-11,13,18H,4,8H2,1-3H3,(H,19,20). The minimum atomic E-state index is -0.0289. The van der Waals surface area contributed by atoms with E-state index in [1.165, 1.54) is 0 Å². The fourth-order valence-corrected chi connectivity index (χ4v) is 2.90. The van der Waals surface area contributed by atoms with Crippen LogP contribution >= 0.6 is 11.3 Å². The number of carbonyl (C=O) groups is 1. The summed E-state index contributed by atoms with van der Waals surface area (Å²) in [4.78, 5) is 12.3. The second-order valence-corrected chi connectivity index (χ2v) is 5.99. The molecule has 2 rings (SSSR count). The second-order valence-electron chi connectivity index (χ2n) is 5.21. The first-order valence-corrected chi connectivity index (χ1v) is 8.23. The van der Waals surface area contributed by atoms with Crippen molar-refractivity contribution in [3.8, 4) is 0 Å². The van der Waals surface area contributed by atoms with E-state index in [0.717, 1.165) is 29.8 Å². The number of anilines is 1. The maximum atomic E-state index is 12.3. The Kier molecular flexibility index (Phi) is 5.39. The van der Waals surface area contributed by atoms with Crippen LogP contribution in [0, 0.1) is 6.92 Å². The molecule has 0 aliphatic heterocycles. The van der Waals surface area contributed by atoms with Gasteiger partial charge in [-0.2, -0.15) is 11.3 Å². The van der Waals surface area contributed by atoms with Crippen LogP contribution in [0.4, 0.5) is 5.69 Å². The third-order valence-corrected chi connectivity index (χ3v) is 4.15. The minimum Gasteiger partial charge on any atom is -0.385 e. The predicted molar refractivity (Wildman–Crippen MR) is 90.2 cm³/mol. The van der Waals surface area contributed by atoms with E-state index >= 15 is 0 Å². The number of carbonyl (C=O) groups excluding carboxylic acids is 1. The summed E-state index contributed by atoms with van der Waals surface area (Å²) in [7, 11) is 0. The number of rotatable bonds is 6. The number of benzene rings is 1. The molecule has 1 unspecified atom stereocenters. The topological polar surface area (TPSA) is 41.1 Å². The normalized spacial score (nSPS) is 12.0. The number of aryl methyl sites for hydroxylation is 1. The van der Waals surface area contributed by atoms with Crippen molar-refractivity contribution in [1.29, 1.82) is 0 Å². The van der Waals surface area contributed by atoms with E-state index in [4.69, 9.17) is 0 Å². The molecule has 1 heterocycles. The quantitative estimate of drug-likeness (QED) is 0.832. The van der Waals surface area contributed by atoms with Crippen molar-refractivity contribution in [2.45, 2.75) is 33.2 Å². The highest BCUT2D eigenvalue weighted by Gasteiger charge is 2.12. The summed E-state index contributed by atoms with van der Waals surface area (Å²) in [5.41, 5.74) is 4.04. The molecule has 0 spiro atoms. The van der Waals surface area contributed by atoms with Gasteiger partial charge in [-0.3, -0.25) is 4.79 Å². The first-order valence-electron chi connectivity index (χ1n) is 7.29. The molecule has 1 aromatic heterocycles. The van der Waals surface area contributed by atoms with Crippen molar-refractivity contribution in [2.24, 2.45) is 0 Å². The Labute approximate surface area is 130 Å². The van der Waals surface area contributed by atoms with Crippen molar-refractivity contribution in [2.75, 3.05) is 11.9 Å². The Morgan fingerprint density at radius 2 is 2.14 bits per heavy atom. The van der Waals surface area contributed by atoms with Crippen LogP contribution < -0.4 is 10.6 Å². The molecular weight excluding hydrogens is 280 g/mol. The van der Waals surface area contributed by atoms with Crippen LogP contribution in [0.2, 0.25) is 0 Å². The Morgan fingerprint density at radius 3 is 2.76 bits per heavy atom. The predicted octanol–water partition coefficient (Wildman–Crippen LogP) is 4.37. The molecule has 0 aliphatic carbocycles. The Balaban J connectivity index is 2.04. The van der Waals surface area contributed by atoms with Crippen LogP contribution in [0.1, 0.15) is 47.8 Å². The third-order valence-electron chi connectivity index (χ3n) is 3.44. The lowest BCUT2D eigenvalue weighted by Crippen LogP contribution is -2.26. The molecule has 0 saturated heterocycles. The van der Waals surface area contributed by atoms with Crippen molar-refractivity contribution in [1.82, 2.24) is 5.32 Å². The molecule has 1 amide bonds. The Morgan fingerprint density at radius 1 is 1.33 bits per heavy atom. The van der Waals surface area contributed by atoms with E-state index in [1.807, 2.05) is 43.5 Å². The number of amides is 1. The van der Waals surface area contributed by atoms with Crippen molar-refractivity contribution < 1.29 is 4.79 Å². The summed E-state index contributed by atoms with van der Waals surface area (Å²) in [6, 6.07) is 7.87. The molecule has 21 heavy (non-hydrogen) atoms. The highest BCUT2D eigenvalue weighted by Crippen LogP contribution is 2.19. The summed E-state index contributed by atoms with van der Waals surface area (Å²) in [5, 5.41) is 10.5. The molecule has 0 radical (unpaired) electrons. The van der Waals surface area contributed by atoms with E-state index in [2.05, 4.69) is 22.9 Å². The van der Waals surface area contributed by atoms with Crippen LogP contribution in [0.3, 0.4) is 0 Å². The van der Waals surface area contributed by atoms with Gasteiger partial charge in [0.05, 0.1) is 6.04 Å². The van der Waals surface area contributed by atoms with Gasteiger partial charge in [-0.1, -0.05) is 6.92 Å². The van der Waals surface area contributed by atoms with E-state index in [0.29, 0.717) is 5.56 Å². The van der Waals surface area contributed by atoms with Gasteiger partial charge < -0.3 is 10.6 Å². The van der Waals surface area contributed by atoms with Crippen LogP contribution in [0.25, 0.3) is 0 Å². The molecule has 2 N–H and O–H groups in total. The molecule has 4 heteroatoms. The van der Waals surface area contributed by atoms with E-state index in [9.17, 15) is 4.79 Å². The molecule has 3 nitrogen and oxygen atoms in total. The van der Waals surface area contributed by atoms with Crippen LogP contribution in [-0.4, -0.2) is 12.5 Å². The maximum absolute atomic E-state index is 12.3. The zero-order valence-electron chi connectivity index (χ0n) is 12.8. The van der Waals surface area contributed by atoms with Gasteiger partial charge >= 0.3 is 0 Å². The fourth-order valence-electron chi connectivity index (χ4n) is 2.15. The molecule has 1 atom stereocenters. The van der Waals surface area contributed by atoms with Crippen molar-refractivity contribution in [3.05, 3.63) is 51.7 Å². The molecular formula is C17H22N2OS. The van der Waals surface area contributed by atoms with Gasteiger partial charge in [-0.25, -0.2) is 0 Å². The molecule has 1 aromatic carbocycles. The molecule has 0 bridgehead atoms. The SMILES string of the molecule is CCCNc1ccc(C(=O)NC(C)c2ccsc2)cc1C. The minimum absolute atomic E-state index is 0.0289. The van der Waals surface area contributed by atoms with Crippen molar-refractivity contribution in [3.63, 3.8) is 0 Å². The van der Waals surface area contributed by atoms with Gasteiger partial charge in [-0.05, 0) is 66.4 Å². The van der Waals surface area contributed by atoms with E-state index in [-0.39, 0.29) is 11.9 Å². The molecule has 0 fully saturated rings. The van der Waals surface area contributed by atoms with E-state index in [1.54, 1.807) is 11.3 Å². The monoisotopic (exact) mass is 302 g/mol. The van der Waals surface area contributed by atoms with Gasteiger partial charge in [0.2, 0.25) is 0 Å². The number of hydrogen-bond acceptors (Lipinski definition) is 3. The lowest BCUT2D eigenvalue weighted by molar-refractivity contribution is 0.0940. The average molecular weight is 302 g/mol. The molecule has 112 valence electrons. The van der Waals surface area contributed by atoms with Gasteiger partial charge in [0.15, 0.2) is 0 Å². The van der Waals surface area contributed by atoms with Gasteiger partial charge in [0.25, 0.3) is 5.91 Å². The van der Waals surface area contributed by atoms with Crippen molar-refractivity contribution >= 4 is 22.9 Å². The maximum Gasteiger partial charge on any atom is 0.251 e. The smallest absolute Gasteiger partial charge is 0.251 e. The molecule has 2 aromatic rings. The summed E-state index contributed by atoms with van der Waals surface area (Å²) >= 11 is 1.64. The van der Waals surface area contributed by atoms with Crippen LogP contribution in [-0.2, 0) is 0 Å². The van der Waals surface area contributed by atoms with Gasteiger partial charge in [0.1, 0.15) is 0 Å². The third kappa shape index (κ3) is 4.08. The van der Waals surface area contributed by atoms with Gasteiger partial charge in [0, 0.05) is 17.8 Å². The lowest BCUT2D eigenvalue weighted by atomic mass is 10.1. The summed E-state index contributed by atoms with van der Waals surface area (Å²) in [6.07, 6.45) is 1.08. The zero-order chi connectivity index (χ0) is 15.2. The van der Waals surface area contributed by atoms with Crippen LogP contribution in [0.15, 0.2) is 35.0 Å². The van der Waals surface area contributed by atoms with E-state index < -0.39 is 0 Å². The first kappa shape index (κ1) is 15.6. The Hall–Kier alpha value is -1.81. The first-order chi connectivity index (χ1) is 10.1. The molecule has 0 saturated carbocycles. The summed E-state index contributed by atoms with van der Waals surface area (Å²) < 4.78 is 0. The number of hydrogen-bond donors (Lipinski definition) is 2.